The number of fused-ring (bicyclic) bond motifs is 1. The molecule has 0 atom stereocenters. The van der Waals surface area contributed by atoms with Crippen molar-refractivity contribution in [3.8, 4) is 5.75 Å². The minimum absolute atomic E-state index is 0.190. The van der Waals surface area contributed by atoms with E-state index in [4.69, 9.17) is 4.74 Å². The van der Waals surface area contributed by atoms with Crippen LogP contribution in [0.5, 0.6) is 5.75 Å². The van der Waals surface area contributed by atoms with E-state index in [9.17, 15) is 4.79 Å². The number of aromatic nitrogens is 2. The molecule has 5 nitrogen and oxygen atoms in total. The second-order valence-corrected chi connectivity index (χ2v) is 5.30. The van der Waals surface area contributed by atoms with Crippen molar-refractivity contribution in [1.82, 2.24) is 14.9 Å². The largest absolute Gasteiger partial charge is 0.496 e. The number of rotatable bonds is 6. The van der Waals surface area contributed by atoms with Crippen molar-refractivity contribution in [2.45, 2.75) is 13.1 Å². The maximum Gasteiger partial charge on any atom is 0.255 e. The van der Waals surface area contributed by atoms with Crippen LogP contribution in [0.15, 0.2) is 61.2 Å². The number of methoxy groups -OCH3 is 1. The van der Waals surface area contributed by atoms with Crippen LogP contribution in [0, 0.1) is 0 Å². The molecular formula is C19H19N3O2. The third kappa shape index (κ3) is 3.01. The van der Waals surface area contributed by atoms with Crippen molar-refractivity contribution in [2.24, 2.45) is 0 Å². The Labute approximate surface area is 140 Å². The van der Waals surface area contributed by atoms with Gasteiger partial charge in [0.1, 0.15) is 11.6 Å². The fourth-order valence-electron chi connectivity index (χ4n) is 2.68. The van der Waals surface area contributed by atoms with Crippen LogP contribution in [-0.4, -0.2) is 22.6 Å². The van der Waals surface area contributed by atoms with E-state index in [0.717, 1.165) is 16.9 Å². The quantitative estimate of drug-likeness (QED) is 0.710. The van der Waals surface area contributed by atoms with E-state index >= 15 is 0 Å². The number of carbonyl (C=O) groups excluding carboxylic acids is 1. The highest BCUT2D eigenvalue weighted by molar-refractivity contribution is 5.96. The Balaban J connectivity index is 1.84. The lowest BCUT2D eigenvalue weighted by molar-refractivity contribution is 0.0946. The zero-order valence-corrected chi connectivity index (χ0v) is 13.5. The molecule has 0 saturated carbocycles. The predicted molar refractivity (Wildman–Crippen MR) is 94.1 cm³/mol. The van der Waals surface area contributed by atoms with Crippen LogP contribution in [-0.2, 0) is 13.1 Å². The summed E-state index contributed by atoms with van der Waals surface area (Å²) in [6, 6.07) is 15.0. The van der Waals surface area contributed by atoms with Crippen LogP contribution in [0.3, 0.4) is 0 Å². The number of nitrogens with one attached hydrogen (secondary N) is 1. The van der Waals surface area contributed by atoms with E-state index in [2.05, 4.69) is 16.9 Å². The van der Waals surface area contributed by atoms with Crippen LogP contribution in [0.2, 0.25) is 0 Å². The number of benzene rings is 2. The molecule has 0 aliphatic heterocycles. The van der Waals surface area contributed by atoms with E-state index in [1.165, 1.54) is 0 Å². The Morgan fingerprint density at radius 3 is 2.79 bits per heavy atom. The van der Waals surface area contributed by atoms with Crippen LogP contribution < -0.4 is 10.1 Å². The molecule has 1 aromatic heterocycles. The van der Waals surface area contributed by atoms with Crippen molar-refractivity contribution in [3.63, 3.8) is 0 Å². The molecule has 0 aliphatic rings. The molecule has 122 valence electrons. The van der Waals surface area contributed by atoms with Gasteiger partial charge in [-0.05, 0) is 24.3 Å². The van der Waals surface area contributed by atoms with Gasteiger partial charge >= 0.3 is 0 Å². The molecule has 0 unspecified atom stereocenters. The summed E-state index contributed by atoms with van der Waals surface area (Å²) in [5.74, 6) is 1.15. The second-order valence-electron chi connectivity index (χ2n) is 5.30. The lowest BCUT2D eigenvalue weighted by atomic mass is 10.2. The van der Waals surface area contributed by atoms with Gasteiger partial charge in [-0.2, -0.15) is 0 Å². The maximum absolute atomic E-state index is 12.4. The lowest BCUT2D eigenvalue weighted by Gasteiger charge is -2.10. The molecule has 0 radical (unpaired) electrons. The molecular weight excluding hydrogens is 302 g/mol. The van der Waals surface area contributed by atoms with Crippen molar-refractivity contribution in [2.75, 3.05) is 7.11 Å². The highest BCUT2D eigenvalue weighted by atomic mass is 16.5. The van der Waals surface area contributed by atoms with Gasteiger partial charge < -0.3 is 14.6 Å². The van der Waals surface area contributed by atoms with E-state index in [0.29, 0.717) is 24.4 Å². The summed E-state index contributed by atoms with van der Waals surface area (Å²) in [6.45, 7) is 4.77. The van der Waals surface area contributed by atoms with Gasteiger partial charge in [-0.1, -0.05) is 30.3 Å². The second kappa shape index (κ2) is 7.00. The molecule has 0 aliphatic carbocycles. The molecule has 0 bridgehead atoms. The van der Waals surface area contributed by atoms with Gasteiger partial charge in [0.15, 0.2) is 0 Å². The van der Waals surface area contributed by atoms with Crippen molar-refractivity contribution in [3.05, 3.63) is 72.6 Å². The molecule has 0 spiro atoms. The third-order valence-electron chi connectivity index (χ3n) is 3.80. The number of imidazole rings is 1. The van der Waals surface area contributed by atoms with Gasteiger partial charge in [0.05, 0.1) is 30.3 Å². The summed E-state index contributed by atoms with van der Waals surface area (Å²) in [4.78, 5) is 17.0. The number of para-hydroxylation sites is 3. The SMILES string of the molecule is C=CCn1c(CNC(=O)c2ccccc2OC)nc2ccccc21. The summed E-state index contributed by atoms with van der Waals surface area (Å²) in [6.07, 6.45) is 1.82. The third-order valence-corrected chi connectivity index (χ3v) is 3.80. The predicted octanol–water partition coefficient (Wildman–Crippen LogP) is 3.16. The Bertz CT molecular complexity index is 883. The smallest absolute Gasteiger partial charge is 0.255 e. The summed E-state index contributed by atoms with van der Waals surface area (Å²) in [5.41, 5.74) is 2.44. The molecule has 1 heterocycles. The fourth-order valence-corrected chi connectivity index (χ4v) is 2.68. The minimum Gasteiger partial charge on any atom is -0.496 e. The number of allylic oxidation sites excluding steroid dienone is 1. The van der Waals surface area contributed by atoms with Gasteiger partial charge in [-0.15, -0.1) is 6.58 Å². The number of carbonyl (C=O) groups is 1. The summed E-state index contributed by atoms with van der Waals surface area (Å²) < 4.78 is 7.28. The first-order chi connectivity index (χ1) is 11.7. The van der Waals surface area contributed by atoms with Crippen LogP contribution in [0.1, 0.15) is 16.2 Å². The van der Waals surface area contributed by atoms with Gasteiger partial charge in [0.2, 0.25) is 0 Å². The number of hydrogen-bond donors (Lipinski definition) is 1. The number of nitrogens with zero attached hydrogens (tertiary/aromatic N) is 2. The van der Waals surface area contributed by atoms with Crippen molar-refractivity contribution < 1.29 is 9.53 Å². The molecule has 5 heteroatoms. The average Bonchev–Trinajstić information content (AvgIpc) is 2.98. The summed E-state index contributed by atoms with van der Waals surface area (Å²) in [5, 5.41) is 2.91. The standard InChI is InChI=1S/C19H19N3O2/c1-3-12-22-16-10-6-5-9-15(16)21-18(22)13-20-19(23)14-8-4-7-11-17(14)24-2/h3-11H,1,12-13H2,2H3,(H,20,23). The van der Waals surface area contributed by atoms with E-state index in [1.807, 2.05) is 47.0 Å². The fraction of sp³-hybridized carbons (Fsp3) is 0.158. The first-order valence-corrected chi connectivity index (χ1v) is 7.71. The zero-order chi connectivity index (χ0) is 16.9. The van der Waals surface area contributed by atoms with E-state index in [1.54, 1.807) is 19.2 Å². The Kier molecular flexibility index (Phi) is 4.61. The topological polar surface area (TPSA) is 56.2 Å². The first-order valence-electron chi connectivity index (χ1n) is 7.71. The average molecular weight is 321 g/mol. The van der Waals surface area contributed by atoms with Gasteiger partial charge in [0, 0.05) is 6.54 Å². The van der Waals surface area contributed by atoms with Gasteiger partial charge in [-0.3, -0.25) is 4.79 Å². The summed E-state index contributed by atoms with van der Waals surface area (Å²) in [7, 11) is 1.55. The normalized spacial score (nSPS) is 10.5. The Morgan fingerprint density at radius 2 is 2.00 bits per heavy atom. The molecule has 1 N–H and O–H groups in total. The lowest BCUT2D eigenvalue weighted by Crippen LogP contribution is -2.25. The first kappa shape index (κ1) is 15.8. The highest BCUT2D eigenvalue weighted by Gasteiger charge is 2.14. The molecule has 1 amide bonds. The number of amides is 1. The molecule has 2 aromatic carbocycles. The van der Waals surface area contributed by atoms with Crippen molar-refractivity contribution >= 4 is 16.9 Å². The van der Waals surface area contributed by atoms with Gasteiger partial charge in [-0.25, -0.2) is 4.98 Å². The van der Waals surface area contributed by atoms with Crippen molar-refractivity contribution in [1.29, 1.82) is 0 Å². The highest BCUT2D eigenvalue weighted by Crippen LogP contribution is 2.18. The van der Waals surface area contributed by atoms with E-state index < -0.39 is 0 Å². The zero-order valence-electron chi connectivity index (χ0n) is 13.5. The number of hydrogen-bond acceptors (Lipinski definition) is 3. The molecule has 3 aromatic rings. The van der Waals surface area contributed by atoms with Gasteiger partial charge in [0.25, 0.3) is 5.91 Å². The molecule has 24 heavy (non-hydrogen) atoms. The van der Waals surface area contributed by atoms with E-state index in [-0.39, 0.29) is 5.91 Å². The monoisotopic (exact) mass is 321 g/mol. The Hall–Kier alpha value is -3.08. The van der Waals surface area contributed by atoms with Crippen LogP contribution in [0.25, 0.3) is 11.0 Å². The molecule has 0 saturated heterocycles. The summed E-state index contributed by atoms with van der Waals surface area (Å²) >= 11 is 0. The molecule has 0 fully saturated rings. The maximum atomic E-state index is 12.4. The minimum atomic E-state index is -0.190. The molecule has 3 rings (SSSR count). The van der Waals surface area contributed by atoms with Crippen LogP contribution in [0.4, 0.5) is 0 Å². The number of ether oxygens (including phenoxy) is 1. The Morgan fingerprint density at radius 1 is 1.25 bits per heavy atom. The van der Waals surface area contributed by atoms with Crippen LogP contribution >= 0.6 is 0 Å².